The third-order valence-corrected chi connectivity index (χ3v) is 6.06. The maximum absolute atomic E-state index is 12.5. The van der Waals surface area contributed by atoms with Crippen molar-refractivity contribution in [3.8, 4) is 0 Å². The molecule has 2 aromatic carbocycles. The molecular formula is C20H17BrN4O2S. The first-order valence-electron chi connectivity index (χ1n) is 8.77. The Balaban J connectivity index is 1.45. The largest absolute Gasteiger partial charge is 0.312 e. The van der Waals surface area contributed by atoms with Crippen molar-refractivity contribution in [3.63, 3.8) is 0 Å². The van der Waals surface area contributed by atoms with E-state index >= 15 is 0 Å². The third kappa shape index (κ3) is 3.98. The second kappa shape index (κ2) is 7.81. The molecule has 1 saturated heterocycles. The van der Waals surface area contributed by atoms with Crippen molar-refractivity contribution in [2.45, 2.75) is 19.3 Å². The van der Waals surface area contributed by atoms with E-state index in [-0.39, 0.29) is 17.7 Å². The number of rotatable bonds is 4. The minimum Gasteiger partial charge on any atom is -0.312 e. The molecule has 142 valence electrons. The molecule has 3 aromatic rings. The van der Waals surface area contributed by atoms with Gasteiger partial charge in [0.1, 0.15) is 5.01 Å². The van der Waals surface area contributed by atoms with Gasteiger partial charge < -0.3 is 4.90 Å². The molecule has 0 saturated carbocycles. The van der Waals surface area contributed by atoms with Crippen molar-refractivity contribution >= 4 is 49.9 Å². The number of benzene rings is 2. The fraction of sp³-hybridized carbons (Fsp3) is 0.200. The fourth-order valence-corrected chi connectivity index (χ4v) is 4.33. The number of nitrogens with zero attached hydrogens (tertiary/aromatic N) is 3. The molecule has 0 radical (unpaired) electrons. The van der Waals surface area contributed by atoms with Crippen LogP contribution in [0.1, 0.15) is 33.3 Å². The van der Waals surface area contributed by atoms with Crippen molar-refractivity contribution in [1.82, 2.24) is 10.2 Å². The van der Waals surface area contributed by atoms with E-state index in [2.05, 4.69) is 31.4 Å². The average Bonchev–Trinajstić information content (AvgIpc) is 3.29. The summed E-state index contributed by atoms with van der Waals surface area (Å²) in [6.45, 7) is 2.58. The van der Waals surface area contributed by atoms with Gasteiger partial charge in [0.2, 0.25) is 11.0 Å². The Morgan fingerprint density at radius 2 is 2.00 bits per heavy atom. The number of anilines is 2. The van der Waals surface area contributed by atoms with Crippen LogP contribution in [0.15, 0.2) is 53.0 Å². The molecule has 28 heavy (non-hydrogen) atoms. The van der Waals surface area contributed by atoms with E-state index in [1.165, 1.54) is 11.3 Å². The monoisotopic (exact) mass is 456 g/mol. The van der Waals surface area contributed by atoms with Crippen molar-refractivity contribution in [3.05, 3.63) is 69.1 Å². The zero-order valence-electron chi connectivity index (χ0n) is 15.1. The maximum atomic E-state index is 12.5. The fourth-order valence-electron chi connectivity index (χ4n) is 3.10. The van der Waals surface area contributed by atoms with Crippen LogP contribution in [0, 0.1) is 6.92 Å². The van der Waals surface area contributed by atoms with Crippen molar-refractivity contribution in [2.75, 3.05) is 16.8 Å². The second-order valence-electron chi connectivity index (χ2n) is 6.65. The zero-order valence-corrected chi connectivity index (χ0v) is 17.5. The van der Waals surface area contributed by atoms with Gasteiger partial charge in [0, 0.05) is 34.6 Å². The van der Waals surface area contributed by atoms with Gasteiger partial charge in [-0.3, -0.25) is 14.9 Å². The summed E-state index contributed by atoms with van der Waals surface area (Å²) in [5.74, 6) is -0.195. The van der Waals surface area contributed by atoms with Crippen LogP contribution in [0.3, 0.4) is 0 Å². The third-order valence-electron chi connectivity index (χ3n) is 4.57. The Kier molecular flexibility index (Phi) is 5.23. The summed E-state index contributed by atoms with van der Waals surface area (Å²) in [7, 11) is 0. The lowest BCUT2D eigenvalue weighted by Crippen LogP contribution is -2.24. The molecule has 0 bridgehead atoms. The number of carbonyl (C=O) groups excluding carboxylic acids is 2. The predicted molar refractivity (Wildman–Crippen MR) is 113 cm³/mol. The van der Waals surface area contributed by atoms with Gasteiger partial charge in [-0.1, -0.05) is 51.0 Å². The molecule has 1 atom stereocenters. The first kappa shape index (κ1) is 18.8. The van der Waals surface area contributed by atoms with Crippen LogP contribution in [-0.4, -0.2) is 28.6 Å². The normalized spacial score (nSPS) is 16.4. The summed E-state index contributed by atoms with van der Waals surface area (Å²) in [5.41, 5.74) is 2.58. The smallest absolute Gasteiger partial charge is 0.257 e. The minimum absolute atomic E-state index is 0.0252. The van der Waals surface area contributed by atoms with E-state index in [0.717, 1.165) is 20.7 Å². The second-order valence-corrected chi connectivity index (χ2v) is 8.58. The van der Waals surface area contributed by atoms with E-state index in [4.69, 9.17) is 0 Å². The molecule has 1 N–H and O–H groups in total. The topological polar surface area (TPSA) is 75.2 Å². The molecule has 1 aromatic heterocycles. The van der Waals surface area contributed by atoms with Crippen LogP contribution in [0.25, 0.3) is 0 Å². The number of nitrogens with one attached hydrogen (secondary N) is 1. The highest BCUT2D eigenvalue weighted by atomic mass is 79.9. The molecule has 8 heteroatoms. The number of carbonyl (C=O) groups is 2. The van der Waals surface area contributed by atoms with Crippen molar-refractivity contribution in [1.29, 1.82) is 0 Å². The van der Waals surface area contributed by atoms with E-state index < -0.39 is 0 Å². The van der Waals surface area contributed by atoms with Gasteiger partial charge in [-0.05, 0) is 37.3 Å². The maximum Gasteiger partial charge on any atom is 0.257 e. The van der Waals surface area contributed by atoms with Gasteiger partial charge in [-0.25, -0.2) is 0 Å². The molecule has 1 fully saturated rings. The summed E-state index contributed by atoms with van der Waals surface area (Å²) in [6.07, 6.45) is 0.391. The summed E-state index contributed by atoms with van der Waals surface area (Å²) in [4.78, 5) is 26.6. The molecule has 2 heterocycles. The van der Waals surface area contributed by atoms with Gasteiger partial charge >= 0.3 is 0 Å². The lowest BCUT2D eigenvalue weighted by molar-refractivity contribution is -0.117. The highest BCUT2D eigenvalue weighted by molar-refractivity contribution is 9.10. The van der Waals surface area contributed by atoms with E-state index in [1.54, 1.807) is 23.1 Å². The number of hydrogen-bond acceptors (Lipinski definition) is 5. The SMILES string of the molecule is Cc1ccc(N2CC(c3nnc(NC(=O)c4cccc(Br)c4)s3)CC2=O)cc1. The molecule has 0 spiro atoms. The van der Waals surface area contributed by atoms with Crippen LogP contribution in [0.5, 0.6) is 0 Å². The first-order valence-corrected chi connectivity index (χ1v) is 10.4. The number of halogens is 1. The Morgan fingerprint density at radius 1 is 1.21 bits per heavy atom. The summed E-state index contributed by atoms with van der Waals surface area (Å²) in [5, 5.41) is 12.2. The van der Waals surface area contributed by atoms with Gasteiger partial charge in [0.15, 0.2) is 0 Å². The van der Waals surface area contributed by atoms with Crippen LogP contribution in [0.2, 0.25) is 0 Å². The van der Waals surface area contributed by atoms with Crippen LogP contribution < -0.4 is 10.2 Å². The molecule has 2 amide bonds. The Hall–Kier alpha value is -2.58. The van der Waals surface area contributed by atoms with Gasteiger partial charge in [-0.2, -0.15) is 0 Å². The number of aryl methyl sites for hydroxylation is 1. The van der Waals surface area contributed by atoms with Gasteiger partial charge in [-0.15, -0.1) is 10.2 Å². The molecule has 4 rings (SSSR count). The Bertz CT molecular complexity index is 1030. The van der Waals surface area contributed by atoms with E-state index in [1.807, 2.05) is 37.3 Å². The van der Waals surface area contributed by atoms with Gasteiger partial charge in [0.25, 0.3) is 5.91 Å². The van der Waals surface area contributed by atoms with E-state index in [0.29, 0.717) is 23.7 Å². The predicted octanol–water partition coefficient (Wildman–Crippen LogP) is 4.38. The number of hydrogen-bond donors (Lipinski definition) is 1. The first-order chi connectivity index (χ1) is 13.5. The number of amides is 2. The van der Waals surface area contributed by atoms with Crippen LogP contribution in [0.4, 0.5) is 10.8 Å². The quantitative estimate of drug-likeness (QED) is 0.631. The lowest BCUT2D eigenvalue weighted by Gasteiger charge is -2.16. The summed E-state index contributed by atoms with van der Waals surface area (Å²) in [6, 6.07) is 15.0. The Morgan fingerprint density at radius 3 is 2.75 bits per heavy atom. The molecule has 1 unspecified atom stereocenters. The molecule has 0 aliphatic carbocycles. The highest BCUT2D eigenvalue weighted by Gasteiger charge is 2.34. The number of aromatic nitrogens is 2. The average molecular weight is 457 g/mol. The van der Waals surface area contributed by atoms with Crippen LogP contribution >= 0.6 is 27.3 Å². The standard InChI is InChI=1S/C20H17BrN4O2S/c1-12-5-7-16(8-6-12)25-11-14(10-17(25)26)19-23-24-20(28-19)22-18(27)13-3-2-4-15(21)9-13/h2-9,14H,10-11H2,1H3,(H,22,24,27). The molecular weight excluding hydrogens is 440 g/mol. The van der Waals surface area contributed by atoms with Crippen molar-refractivity contribution < 1.29 is 9.59 Å². The Labute approximate surface area is 174 Å². The minimum atomic E-state index is -0.243. The summed E-state index contributed by atoms with van der Waals surface area (Å²) >= 11 is 4.67. The zero-order chi connectivity index (χ0) is 19.7. The van der Waals surface area contributed by atoms with Crippen LogP contribution in [-0.2, 0) is 4.79 Å². The summed E-state index contributed by atoms with van der Waals surface area (Å²) < 4.78 is 0.832. The molecule has 6 nitrogen and oxygen atoms in total. The molecule has 1 aliphatic heterocycles. The van der Waals surface area contributed by atoms with Crippen molar-refractivity contribution in [2.24, 2.45) is 0 Å². The highest BCUT2D eigenvalue weighted by Crippen LogP contribution is 2.34. The van der Waals surface area contributed by atoms with Gasteiger partial charge in [0.05, 0.1) is 0 Å². The molecule has 1 aliphatic rings. The van der Waals surface area contributed by atoms with E-state index in [9.17, 15) is 9.59 Å². The lowest BCUT2D eigenvalue weighted by atomic mass is 10.1.